The lowest BCUT2D eigenvalue weighted by Gasteiger charge is -2.19. The van der Waals surface area contributed by atoms with Crippen LogP contribution in [0.1, 0.15) is 29.8 Å². The minimum atomic E-state index is 0.469. The van der Waals surface area contributed by atoms with Crippen molar-refractivity contribution in [3.63, 3.8) is 0 Å². The number of aldehydes is 1. The second kappa shape index (κ2) is 2.69. The van der Waals surface area contributed by atoms with Gasteiger partial charge in [-0.25, -0.2) is 0 Å². The number of hydrogen-bond acceptors (Lipinski definition) is 3. The van der Waals surface area contributed by atoms with E-state index in [1.807, 2.05) is 4.57 Å². The van der Waals surface area contributed by atoms with Gasteiger partial charge in [-0.3, -0.25) is 4.79 Å². The van der Waals surface area contributed by atoms with Gasteiger partial charge in [0.25, 0.3) is 0 Å². The Balaban J connectivity index is 2.40. The summed E-state index contributed by atoms with van der Waals surface area (Å²) in [6, 6.07) is 0. The Morgan fingerprint density at radius 1 is 1.58 bits per heavy atom. The van der Waals surface area contributed by atoms with E-state index in [1.165, 1.54) is 0 Å². The van der Waals surface area contributed by atoms with Crippen LogP contribution >= 0.6 is 0 Å². The quantitative estimate of drug-likeness (QED) is 0.575. The van der Waals surface area contributed by atoms with Gasteiger partial charge in [-0.1, -0.05) is 6.92 Å². The van der Waals surface area contributed by atoms with Gasteiger partial charge in [0.15, 0.2) is 12.1 Å². The molecular formula is C8H11N3O. The van der Waals surface area contributed by atoms with Gasteiger partial charge < -0.3 is 4.57 Å². The van der Waals surface area contributed by atoms with Crippen molar-refractivity contribution >= 4 is 6.29 Å². The fourth-order valence-electron chi connectivity index (χ4n) is 1.60. The summed E-state index contributed by atoms with van der Waals surface area (Å²) in [5.74, 6) is 2.05. The van der Waals surface area contributed by atoms with E-state index in [2.05, 4.69) is 17.1 Å². The van der Waals surface area contributed by atoms with Crippen molar-refractivity contribution in [3.05, 3.63) is 11.6 Å². The Morgan fingerprint density at radius 2 is 2.42 bits per heavy atom. The molecule has 0 aromatic carbocycles. The number of carbonyl (C=O) groups is 1. The van der Waals surface area contributed by atoms with E-state index in [1.54, 1.807) is 0 Å². The topological polar surface area (TPSA) is 47.8 Å². The van der Waals surface area contributed by atoms with Crippen molar-refractivity contribution in [1.82, 2.24) is 14.8 Å². The first-order chi connectivity index (χ1) is 5.81. The highest BCUT2D eigenvalue weighted by atomic mass is 16.1. The van der Waals surface area contributed by atoms with Crippen molar-refractivity contribution in [2.24, 2.45) is 5.92 Å². The van der Waals surface area contributed by atoms with Crippen LogP contribution in [0.5, 0.6) is 0 Å². The smallest absolute Gasteiger partial charge is 0.196 e. The van der Waals surface area contributed by atoms with E-state index >= 15 is 0 Å². The molecular weight excluding hydrogens is 154 g/mol. The summed E-state index contributed by atoms with van der Waals surface area (Å²) >= 11 is 0. The number of fused-ring (bicyclic) bond motifs is 1. The summed E-state index contributed by atoms with van der Waals surface area (Å²) in [7, 11) is 0. The van der Waals surface area contributed by atoms with Gasteiger partial charge in [0.1, 0.15) is 5.82 Å². The third-order valence-corrected chi connectivity index (χ3v) is 2.32. The van der Waals surface area contributed by atoms with Crippen molar-refractivity contribution in [2.45, 2.75) is 26.3 Å². The van der Waals surface area contributed by atoms with Gasteiger partial charge in [0, 0.05) is 13.0 Å². The molecule has 4 nitrogen and oxygen atoms in total. The van der Waals surface area contributed by atoms with E-state index in [0.717, 1.165) is 31.5 Å². The Labute approximate surface area is 70.6 Å². The van der Waals surface area contributed by atoms with E-state index < -0.39 is 0 Å². The molecule has 64 valence electrons. The molecule has 0 amide bonds. The molecule has 4 heteroatoms. The zero-order chi connectivity index (χ0) is 8.55. The van der Waals surface area contributed by atoms with Gasteiger partial charge in [0.2, 0.25) is 0 Å². The fourth-order valence-corrected chi connectivity index (χ4v) is 1.60. The van der Waals surface area contributed by atoms with E-state index in [-0.39, 0.29) is 0 Å². The van der Waals surface area contributed by atoms with Gasteiger partial charge in [-0.2, -0.15) is 0 Å². The minimum absolute atomic E-state index is 0.469. The Bertz CT molecular complexity index is 305. The van der Waals surface area contributed by atoms with Crippen LogP contribution < -0.4 is 0 Å². The molecule has 0 N–H and O–H groups in total. The summed E-state index contributed by atoms with van der Waals surface area (Å²) in [6.07, 6.45) is 2.87. The summed E-state index contributed by atoms with van der Waals surface area (Å²) in [4.78, 5) is 10.5. The second-order valence-corrected chi connectivity index (χ2v) is 3.35. The first kappa shape index (κ1) is 7.46. The average Bonchev–Trinajstić information content (AvgIpc) is 2.46. The number of carbonyl (C=O) groups excluding carboxylic acids is 1. The van der Waals surface area contributed by atoms with E-state index in [4.69, 9.17) is 0 Å². The zero-order valence-electron chi connectivity index (χ0n) is 7.03. The van der Waals surface area contributed by atoms with Gasteiger partial charge in [-0.05, 0) is 12.3 Å². The lowest BCUT2D eigenvalue weighted by Crippen LogP contribution is -2.19. The number of hydrogen-bond donors (Lipinski definition) is 0. The highest BCUT2D eigenvalue weighted by Gasteiger charge is 2.19. The molecule has 1 aliphatic rings. The predicted molar refractivity (Wildman–Crippen MR) is 42.9 cm³/mol. The van der Waals surface area contributed by atoms with Crippen molar-refractivity contribution in [3.8, 4) is 0 Å². The minimum Gasteiger partial charge on any atom is -0.308 e. The van der Waals surface area contributed by atoms with Crippen LogP contribution in [-0.4, -0.2) is 21.1 Å². The number of nitrogens with zero attached hydrogens (tertiary/aromatic N) is 3. The summed E-state index contributed by atoms with van der Waals surface area (Å²) in [5.41, 5.74) is 0. The monoisotopic (exact) mass is 165 g/mol. The van der Waals surface area contributed by atoms with Crippen molar-refractivity contribution in [1.29, 1.82) is 0 Å². The molecule has 0 spiro atoms. The van der Waals surface area contributed by atoms with Crippen LogP contribution in [0, 0.1) is 5.92 Å². The highest BCUT2D eigenvalue weighted by Crippen LogP contribution is 2.18. The van der Waals surface area contributed by atoms with Crippen LogP contribution in [0.25, 0.3) is 0 Å². The molecule has 0 fully saturated rings. The third kappa shape index (κ3) is 1.03. The molecule has 0 aliphatic carbocycles. The lowest BCUT2D eigenvalue weighted by atomic mass is 10.0. The maximum Gasteiger partial charge on any atom is 0.196 e. The molecule has 0 saturated heterocycles. The fraction of sp³-hybridized carbons (Fsp3) is 0.625. The molecule has 2 rings (SSSR count). The first-order valence-corrected chi connectivity index (χ1v) is 4.18. The second-order valence-electron chi connectivity index (χ2n) is 3.35. The predicted octanol–water partition coefficient (Wildman–Crippen LogP) is 0.673. The molecule has 1 atom stereocenters. The Morgan fingerprint density at radius 3 is 3.17 bits per heavy atom. The third-order valence-electron chi connectivity index (χ3n) is 2.32. The van der Waals surface area contributed by atoms with Gasteiger partial charge >= 0.3 is 0 Å². The van der Waals surface area contributed by atoms with Crippen molar-refractivity contribution < 1.29 is 4.79 Å². The van der Waals surface area contributed by atoms with E-state index in [0.29, 0.717) is 11.7 Å². The summed E-state index contributed by atoms with van der Waals surface area (Å²) in [6.45, 7) is 3.06. The molecule has 0 bridgehead atoms. The Kier molecular flexibility index (Phi) is 1.67. The van der Waals surface area contributed by atoms with Crippen LogP contribution in [0.4, 0.5) is 0 Å². The zero-order valence-corrected chi connectivity index (χ0v) is 7.03. The molecule has 0 saturated carbocycles. The van der Waals surface area contributed by atoms with Crippen LogP contribution in [0.15, 0.2) is 0 Å². The number of rotatable bonds is 1. The summed E-state index contributed by atoms with van der Waals surface area (Å²) < 4.78 is 1.92. The first-order valence-electron chi connectivity index (χ1n) is 4.18. The largest absolute Gasteiger partial charge is 0.308 e. The van der Waals surface area contributed by atoms with Crippen molar-refractivity contribution in [2.75, 3.05) is 0 Å². The standard InChI is InChI=1S/C8H11N3O/c1-6-2-3-7-9-10-8(5-12)11(7)4-6/h5-6H,2-4H2,1H3. The maximum atomic E-state index is 10.5. The van der Waals surface area contributed by atoms with Crippen LogP contribution in [0.2, 0.25) is 0 Å². The van der Waals surface area contributed by atoms with E-state index in [9.17, 15) is 4.79 Å². The highest BCUT2D eigenvalue weighted by molar-refractivity contribution is 5.69. The molecule has 1 unspecified atom stereocenters. The molecule has 0 radical (unpaired) electrons. The van der Waals surface area contributed by atoms with Crippen LogP contribution in [-0.2, 0) is 13.0 Å². The molecule has 12 heavy (non-hydrogen) atoms. The number of aromatic nitrogens is 3. The molecule has 1 aromatic heterocycles. The average molecular weight is 165 g/mol. The Hall–Kier alpha value is -1.19. The number of aryl methyl sites for hydroxylation is 1. The summed E-state index contributed by atoms with van der Waals surface area (Å²) in [5, 5.41) is 7.74. The molecule has 1 aliphatic heterocycles. The SMILES string of the molecule is CC1CCc2nnc(C=O)n2C1. The van der Waals surface area contributed by atoms with Gasteiger partial charge in [-0.15, -0.1) is 10.2 Å². The normalized spacial score (nSPS) is 21.9. The molecule has 2 heterocycles. The molecule has 1 aromatic rings. The maximum absolute atomic E-state index is 10.5. The lowest BCUT2D eigenvalue weighted by molar-refractivity contribution is 0.110. The van der Waals surface area contributed by atoms with Gasteiger partial charge in [0.05, 0.1) is 0 Å². The van der Waals surface area contributed by atoms with Crippen LogP contribution in [0.3, 0.4) is 0 Å².